The molecule has 7 rings (SSSR count). The van der Waals surface area contributed by atoms with Crippen molar-refractivity contribution in [1.82, 2.24) is 35.2 Å². The van der Waals surface area contributed by atoms with E-state index in [1.54, 1.807) is 11.4 Å². The first-order valence-electron chi connectivity index (χ1n) is 17.7. The summed E-state index contributed by atoms with van der Waals surface area (Å²) in [7, 11) is -3.91. The van der Waals surface area contributed by atoms with E-state index in [2.05, 4.69) is 30.3 Å². The molecule has 5 atom stereocenters. The zero-order valence-electron chi connectivity index (χ0n) is 28.5. The first kappa shape index (κ1) is 35.9. The third-order valence-electron chi connectivity index (χ3n) is 10.1. The second kappa shape index (κ2) is 14.5. The summed E-state index contributed by atoms with van der Waals surface area (Å²) in [5.74, 6) is -3.47. The number of fused-ring (bicyclic) bond motifs is 3. The zero-order chi connectivity index (χ0) is 36.6. The number of carbonyl (C=O) groups excluding carboxylic acids is 4. The van der Waals surface area contributed by atoms with Crippen LogP contribution in [0.2, 0.25) is 0 Å². The van der Waals surface area contributed by atoms with E-state index in [9.17, 15) is 32.0 Å². The largest absolute Gasteiger partial charge is 0.471 e. The minimum Gasteiger partial charge on any atom is -0.471 e. The lowest BCUT2D eigenvalue weighted by Crippen LogP contribution is -2.58. The van der Waals surface area contributed by atoms with Gasteiger partial charge in [0.05, 0.1) is 17.3 Å². The number of allylic oxidation sites excluding steroid dienone is 1. The Hall–Kier alpha value is -4.51. The van der Waals surface area contributed by atoms with Gasteiger partial charge in [0.25, 0.3) is 11.8 Å². The van der Waals surface area contributed by atoms with Gasteiger partial charge in [-0.2, -0.15) is 0 Å². The summed E-state index contributed by atoms with van der Waals surface area (Å²) < 4.78 is 48.8. The number of aryl methyl sites for hydroxylation is 1. The van der Waals surface area contributed by atoms with E-state index in [0.717, 1.165) is 24.2 Å². The molecule has 2 aliphatic carbocycles. The van der Waals surface area contributed by atoms with Crippen molar-refractivity contribution < 1.29 is 36.7 Å². The summed E-state index contributed by atoms with van der Waals surface area (Å²) in [4.78, 5) is 69.9. The van der Waals surface area contributed by atoms with Gasteiger partial charge in [-0.05, 0) is 57.1 Å². The molecule has 0 bridgehead atoms. The van der Waals surface area contributed by atoms with Crippen molar-refractivity contribution in [2.24, 2.45) is 5.92 Å². The van der Waals surface area contributed by atoms with Crippen molar-refractivity contribution in [1.29, 1.82) is 0 Å². The number of nitrogens with zero attached hydrogens (tertiary/aromatic N) is 4. The Kier molecular flexibility index (Phi) is 9.99. The molecule has 14 nitrogen and oxygen atoms in total. The van der Waals surface area contributed by atoms with Gasteiger partial charge in [0.15, 0.2) is 10.8 Å². The quantitative estimate of drug-likeness (QED) is 0.289. The van der Waals surface area contributed by atoms with Crippen molar-refractivity contribution in [2.75, 3.05) is 6.54 Å². The van der Waals surface area contributed by atoms with Crippen molar-refractivity contribution in [3.63, 3.8) is 0 Å². The molecular formula is C35H40FN7O7S2. The normalized spacial score (nSPS) is 27.4. The van der Waals surface area contributed by atoms with Crippen molar-refractivity contribution in [2.45, 2.75) is 100 Å². The SMILES string of the molecule is CCc1nc2cccc(F)c2nc1O[C@@H]1C[C@H]2C(=O)N[C@]3(C(=O)NS(=O)(=O)C4CC4)C[C@H]3/C=C\CCCCC[C@H](NC(=O)c3nccs3)C(=O)N2C1. The molecule has 3 N–H and O–H groups in total. The molecule has 1 saturated heterocycles. The van der Waals surface area contributed by atoms with Gasteiger partial charge in [-0.25, -0.2) is 27.8 Å². The molecule has 276 valence electrons. The average Bonchev–Trinajstić information content (AvgIpc) is 3.98. The van der Waals surface area contributed by atoms with Gasteiger partial charge in [-0.3, -0.25) is 23.9 Å². The summed E-state index contributed by atoms with van der Waals surface area (Å²) in [6.45, 7) is 1.76. The fourth-order valence-electron chi connectivity index (χ4n) is 6.95. The van der Waals surface area contributed by atoms with Gasteiger partial charge in [0, 0.05) is 23.9 Å². The Morgan fingerprint density at radius 1 is 1.15 bits per heavy atom. The van der Waals surface area contributed by atoms with Crippen LogP contribution in [-0.4, -0.2) is 87.4 Å². The second-order valence-electron chi connectivity index (χ2n) is 13.8. The number of hydrogen-bond donors (Lipinski definition) is 3. The molecule has 3 aromatic rings. The monoisotopic (exact) mass is 753 g/mol. The van der Waals surface area contributed by atoms with Crippen LogP contribution in [0.15, 0.2) is 41.9 Å². The van der Waals surface area contributed by atoms with E-state index in [1.165, 1.54) is 23.2 Å². The number of rotatable bonds is 8. The molecule has 4 amide bonds. The van der Waals surface area contributed by atoms with Crippen molar-refractivity contribution >= 4 is 56.0 Å². The minimum absolute atomic E-state index is 0.0169. The molecule has 2 aromatic heterocycles. The Balaban J connectivity index is 1.20. The van der Waals surface area contributed by atoms with E-state index in [4.69, 9.17) is 4.74 Å². The first-order chi connectivity index (χ1) is 25.0. The lowest BCUT2D eigenvalue weighted by molar-refractivity contribution is -0.141. The van der Waals surface area contributed by atoms with E-state index in [1.807, 2.05) is 19.1 Å². The molecule has 0 spiro atoms. The number of benzene rings is 1. The molecule has 3 fully saturated rings. The standard InChI is InChI=1S/C35H40FN7O7S2/c1-2-24-31(40-28-23(36)10-8-12-25(28)38-24)50-21-17-27-29(44)41-35(34(47)42-52(48,49)22-13-14-22)18-20(35)9-6-4-3-5-7-11-26(33(46)43(27)19-21)39-30(45)32-37-15-16-51-32/h6,8-10,12,15-16,20-22,26-27H,2-5,7,11,13-14,17-19H2,1H3,(H,39,45)(H,41,44)(H,42,47)/b9-6-/t20-,21-,26+,27+,35-/m1/s1. The van der Waals surface area contributed by atoms with Crippen LogP contribution in [0, 0.1) is 11.7 Å². The number of nitrogens with one attached hydrogen (secondary N) is 3. The summed E-state index contributed by atoms with van der Waals surface area (Å²) in [5.41, 5.74) is -0.689. The third-order valence-corrected chi connectivity index (χ3v) is 12.7. The van der Waals surface area contributed by atoms with Crippen molar-refractivity contribution in [3.05, 3.63) is 58.4 Å². The minimum atomic E-state index is -3.91. The molecule has 0 unspecified atom stereocenters. The number of amides is 4. The van der Waals surface area contributed by atoms with Crippen LogP contribution in [0.25, 0.3) is 11.0 Å². The van der Waals surface area contributed by atoms with Crippen LogP contribution in [0.1, 0.15) is 80.2 Å². The van der Waals surface area contributed by atoms with E-state index < -0.39 is 74.4 Å². The molecule has 1 aromatic carbocycles. The number of carbonyl (C=O) groups is 4. The van der Waals surface area contributed by atoms with Gasteiger partial charge < -0.3 is 20.3 Å². The molecule has 2 saturated carbocycles. The number of para-hydroxylation sites is 1. The molecular weight excluding hydrogens is 714 g/mol. The Morgan fingerprint density at radius 3 is 2.73 bits per heavy atom. The summed E-state index contributed by atoms with van der Waals surface area (Å²) in [6.07, 6.45) is 9.08. The highest BCUT2D eigenvalue weighted by atomic mass is 32.2. The number of hydrogen-bond acceptors (Lipinski definition) is 11. The average molecular weight is 754 g/mol. The lowest BCUT2D eigenvalue weighted by atomic mass is 10.0. The second-order valence-corrected chi connectivity index (χ2v) is 16.7. The molecule has 4 aliphatic rings. The van der Waals surface area contributed by atoms with E-state index in [0.29, 0.717) is 49.7 Å². The van der Waals surface area contributed by atoms with Gasteiger partial charge in [0.1, 0.15) is 34.9 Å². The van der Waals surface area contributed by atoms with Gasteiger partial charge in [-0.1, -0.05) is 38.0 Å². The van der Waals surface area contributed by atoms with Gasteiger partial charge in [-0.15, -0.1) is 11.3 Å². The highest BCUT2D eigenvalue weighted by molar-refractivity contribution is 7.91. The number of sulfonamides is 1. The van der Waals surface area contributed by atoms with Crippen LogP contribution in [0.4, 0.5) is 4.39 Å². The van der Waals surface area contributed by atoms with Crippen LogP contribution < -0.4 is 20.1 Å². The van der Waals surface area contributed by atoms with Crippen molar-refractivity contribution in [3.8, 4) is 5.88 Å². The Bertz CT molecular complexity index is 2020. The maximum atomic E-state index is 14.7. The molecule has 4 heterocycles. The fraction of sp³-hybridized carbons (Fsp3) is 0.514. The predicted octanol–water partition coefficient (Wildman–Crippen LogP) is 2.94. The number of ether oxygens (including phenoxy) is 1. The predicted molar refractivity (Wildman–Crippen MR) is 188 cm³/mol. The number of halogens is 1. The number of aromatic nitrogens is 3. The van der Waals surface area contributed by atoms with Crippen LogP contribution >= 0.6 is 11.3 Å². The highest BCUT2D eigenvalue weighted by Gasteiger charge is 2.62. The first-order valence-corrected chi connectivity index (χ1v) is 20.1. The van der Waals surface area contributed by atoms with Crippen LogP contribution in [0.3, 0.4) is 0 Å². The number of thiazole rings is 1. The third kappa shape index (κ3) is 7.38. The maximum Gasteiger partial charge on any atom is 0.280 e. The molecule has 52 heavy (non-hydrogen) atoms. The molecule has 2 aliphatic heterocycles. The van der Waals surface area contributed by atoms with Crippen LogP contribution in [-0.2, 0) is 30.8 Å². The maximum absolute atomic E-state index is 14.7. The highest BCUT2D eigenvalue weighted by Crippen LogP contribution is 2.46. The van der Waals surface area contributed by atoms with E-state index in [-0.39, 0.29) is 35.8 Å². The van der Waals surface area contributed by atoms with E-state index >= 15 is 0 Å². The summed E-state index contributed by atoms with van der Waals surface area (Å²) in [6, 6.07) is 2.29. The molecule has 0 radical (unpaired) electrons. The Labute approximate surface area is 304 Å². The van der Waals surface area contributed by atoms with Crippen LogP contribution in [0.5, 0.6) is 5.88 Å². The smallest absolute Gasteiger partial charge is 0.280 e. The fourth-order valence-corrected chi connectivity index (χ4v) is 8.85. The topological polar surface area (TPSA) is 190 Å². The molecule has 17 heteroatoms. The summed E-state index contributed by atoms with van der Waals surface area (Å²) in [5, 5.41) is 6.86. The van der Waals surface area contributed by atoms with Gasteiger partial charge >= 0.3 is 0 Å². The zero-order valence-corrected chi connectivity index (χ0v) is 30.2. The Morgan fingerprint density at radius 2 is 1.98 bits per heavy atom. The van der Waals surface area contributed by atoms with Gasteiger partial charge in [0.2, 0.25) is 27.7 Å². The lowest BCUT2D eigenvalue weighted by Gasteiger charge is -2.29. The summed E-state index contributed by atoms with van der Waals surface area (Å²) >= 11 is 1.13.